The van der Waals surface area contributed by atoms with Gasteiger partial charge in [0.1, 0.15) is 11.5 Å². The van der Waals surface area contributed by atoms with Crippen LogP contribution in [-0.2, 0) is 20.0 Å². The Morgan fingerprint density at radius 2 is 1.73 bits per heavy atom. The maximum absolute atomic E-state index is 13.1. The predicted octanol–water partition coefficient (Wildman–Crippen LogP) is 3.05. The van der Waals surface area contributed by atoms with Gasteiger partial charge in [0, 0.05) is 12.6 Å². The minimum Gasteiger partial charge on any atom is -0.497 e. The van der Waals surface area contributed by atoms with Gasteiger partial charge in [0.25, 0.3) is 10.0 Å². The highest BCUT2D eigenvalue weighted by Gasteiger charge is 2.29. The maximum Gasteiger partial charge on any atom is 0.262 e. The van der Waals surface area contributed by atoms with E-state index in [1.807, 2.05) is 0 Å². The molecule has 0 saturated carbocycles. The third-order valence-corrected chi connectivity index (χ3v) is 8.41. The summed E-state index contributed by atoms with van der Waals surface area (Å²) in [5, 5.41) is 0. The van der Waals surface area contributed by atoms with E-state index < -0.39 is 20.0 Å². The molecule has 0 amide bonds. The number of rotatable bonds is 6. The summed E-state index contributed by atoms with van der Waals surface area (Å²) in [7, 11) is -4.41. The lowest BCUT2D eigenvalue weighted by Gasteiger charge is -2.30. The molecule has 0 atom stereocenters. The summed E-state index contributed by atoms with van der Waals surface area (Å²) in [6.07, 6.45) is 1.41. The second-order valence-corrected chi connectivity index (χ2v) is 10.8. The van der Waals surface area contributed by atoms with Gasteiger partial charge in [-0.25, -0.2) is 16.8 Å². The van der Waals surface area contributed by atoms with E-state index in [4.69, 9.17) is 9.47 Å². The SMILES string of the molecule is COc1ccc(OC)c(NS(=O)(=O)c2cc(C)c(N3CCCCS3(=O)=O)cc2C)c1. The van der Waals surface area contributed by atoms with Crippen LogP contribution in [-0.4, -0.2) is 43.4 Å². The minimum absolute atomic E-state index is 0.0723. The number of nitrogens with zero attached hydrogens (tertiary/aromatic N) is 1. The first-order valence-electron chi connectivity index (χ1n) is 9.45. The van der Waals surface area contributed by atoms with Gasteiger partial charge in [0.15, 0.2) is 0 Å². The van der Waals surface area contributed by atoms with Gasteiger partial charge in [0.2, 0.25) is 10.0 Å². The zero-order chi connectivity index (χ0) is 22.1. The average molecular weight is 455 g/mol. The van der Waals surface area contributed by atoms with Gasteiger partial charge < -0.3 is 9.47 Å². The molecular formula is C20H26N2O6S2. The summed E-state index contributed by atoms with van der Waals surface area (Å²) in [5.74, 6) is 0.930. The van der Waals surface area contributed by atoms with E-state index in [0.717, 1.165) is 6.42 Å². The molecule has 0 bridgehead atoms. The van der Waals surface area contributed by atoms with Crippen molar-refractivity contribution in [3.63, 3.8) is 0 Å². The smallest absolute Gasteiger partial charge is 0.262 e. The van der Waals surface area contributed by atoms with Crippen molar-refractivity contribution in [2.24, 2.45) is 0 Å². The molecule has 0 aromatic heterocycles. The molecule has 0 radical (unpaired) electrons. The Morgan fingerprint density at radius 3 is 2.37 bits per heavy atom. The zero-order valence-electron chi connectivity index (χ0n) is 17.4. The zero-order valence-corrected chi connectivity index (χ0v) is 19.1. The summed E-state index contributed by atoms with van der Waals surface area (Å²) in [6, 6.07) is 7.94. The van der Waals surface area contributed by atoms with Crippen LogP contribution in [0.2, 0.25) is 0 Å². The Morgan fingerprint density at radius 1 is 1.00 bits per heavy atom. The van der Waals surface area contributed by atoms with Crippen molar-refractivity contribution in [2.75, 3.05) is 35.5 Å². The van der Waals surface area contributed by atoms with Crippen molar-refractivity contribution in [2.45, 2.75) is 31.6 Å². The summed E-state index contributed by atoms with van der Waals surface area (Å²) in [6.45, 7) is 3.76. The molecule has 1 saturated heterocycles. The molecular weight excluding hydrogens is 428 g/mol. The highest BCUT2D eigenvalue weighted by Crippen LogP contribution is 2.34. The van der Waals surface area contributed by atoms with Crippen molar-refractivity contribution in [3.8, 4) is 11.5 Å². The fourth-order valence-electron chi connectivity index (χ4n) is 3.49. The quantitative estimate of drug-likeness (QED) is 0.720. The fourth-order valence-corrected chi connectivity index (χ4v) is 6.55. The number of sulfonamides is 2. The van der Waals surface area contributed by atoms with Crippen LogP contribution in [0.5, 0.6) is 11.5 Å². The van der Waals surface area contributed by atoms with Crippen molar-refractivity contribution >= 4 is 31.4 Å². The molecule has 164 valence electrons. The number of hydrogen-bond donors (Lipinski definition) is 1. The normalized spacial score (nSPS) is 16.2. The molecule has 1 aliphatic heterocycles. The van der Waals surface area contributed by atoms with Gasteiger partial charge in [0.05, 0.1) is 36.2 Å². The van der Waals surface area contributed by atoms with Crippen molar-refractivity contribution < 1.29 is 26.3 Å². The number of aryl methyl sites for hydroxylation is 2. The third kappa shape index (κ3) is 4.34. The molecule has 1 aliphatic rings. The molecule has 8 nitrogen and oxygen atoms in total. The molecule has 1 fully saturated rings. The first-order valence-corrected chi connectivity index (χ1v) is 12.5. The number of hydrogen-bond acceptors (Lipinski definition) is 6. The van der Waals surface area contributed by atoms with E-state index in [1.165, 1.54) is 30.7 Å². The molecule has 1 N–H and O–H groups in total. The largest absolute Gasteiger partial charge is 0.497 e. The summed E-state index contributed by atoms with van der Waals surface area (Å²) < 4.78 is 65.5. The monoisotopic (exact) mass is 454 g/mol. The summed E-state index contributed by atoms with van der Waals surface area (Å²) >= 11 is 0. The Bertz CT molecular complexity index is 1160. The Hall–Kier alpha value is -2.46. The van der Waals surface area contributed by atoms with E-state index in [2.05, 4.69) is 4.72 Å². The summed E-state index contributed by atoms with van der Waals surface area (Å²) in [5.41, 5.74) is 1.79. The summed E-state index contributed by atoms with van der Waals surface area (Å²) in [4.78, 5) is 0.0723. The van der Waals surface area contributed by atoms with E-state index in [0.29, 0.717) is 41.3 Å². The van der Waals surface area contributed by atoms with Crippen molar-refractivity contribution in [1.82, 2.24) is 0 Å². The number of methoxy groups -OCH3 is 2. The fraction of sp³-hybridized carbons (Fsp3) is 0.400. The minimum atomic E-state index is -3.95. The van der Waals surface area contributed by atoms with Gasteiger partial charge >= 0.3 is 0 Å². The molecule has 3 rings (SSSR count). The number of ether oxygens (including phenoxy) is 2. The first kappa shape index (κ1) is 22.2. The number of anilines is 2. The van der Waals surface area contributed by atoms with Gasteiger partial charge in [-0.05, 0) is 62.1 Å². The molecule has 2 aromatic rings. The van der Waals surface area contributed by atoms with Crippen molar-refractivity contribution in [3.05, 3.63) is 41.5 Å². The van der Waals surface area contributed by atoms with Crippen LogP contribution in [0.3, 0.4) is 0 Å². The Balaban J connectivity index is 2.01. The lowest BCUT2D eigenvalue weighted by Crippen LogP contribution is -2.38. The van der Waals surface area contributed by atoms with Crippen LogP contribution < -0.4 is 18.5 Å². The van der Waals surface area contributed by atoms with E-state index >= 15 is 0 Å². The van der Waals surface area contributed by atoms with Crippen LogP contribution in [0, 0.1) is 13.8 Å². The van der Waals surface area contributed by atoms with Gasteiger partial charge in [-0.15, -0.1) is 0 Å². The van der Waals surface area contributed by atoms with Gasteiger partial charge in [-0.3, -0.25) is 9.03 Å². The van der Waals surface area contributed by atoms with Gasteiger partial charge in [-0.2, -0.15) is 0 Å². The van der Waals surface area contributed by atoms with Crippen LogP contribution in [0.25, 0.3) is 0 Å². The molecule has 10 heteroatoms. The lowest BCUT2D eigenvalue weighted by atomic mass is 10.1. The van der Waals surface area contributed by atoms with Gasteiger partial charge in [-0.1, -0.05) is 0 Å². The van der Waals surface area contributed by atoms with E-state index in [9.17, 15) is 16.8 Å². The lowest BCUT2D eigenvalue weighted by molar-refractivity contribution is 0.405. The molecule has 0 spiro atoms. The van der Waals surface area contributed by atoms with Crippen LogP contribution in [0.4, 0.5) is 11.4 Å². The highest BCUT2D eigenvalue weighted by atomic mass is 32.2. The molecule has 1 heterocycles. The van der Waals surface area contributed by atoms with Crippen LogP contribution in [0.15, 0.2) is 35.2 Å². The molecule has 0 aliphatic carbocycles. The predicted molar refractivity (Wildman–Crippen MR) is 117 cm³/mol. The second kappa shape index (κ2) is 8.35. The highest BCUT2D eigenvalue weighted by molar-refractivity contribution is 7.93. The topological polar surface area (TPSA) is 102 Å². The average Bonchev–Trinajstić information content (AvgIpc) is 2.69. The standard InChI is InChI=1S/C20H26N2O6S2/c1-14-12-20(15(2)11-18(14)22-9-5-6-10-29(22,23)24)30(25,26)21-17-13-16(27-3)7-8-19(17)28-4/h7-8,11-13,21H,5-6,9-10H2,1-4H3. The molecule has 0 unspecified atom stereocenters. The number of benzene rings is 2. The Kier molecular flexibility index (Phi) is 6.19. The second-order valence-electron chi connectivity index (χ2n) is 7.17. The number of nitrogens with one attached hydrogen (secondary N) is 1. The molecule has 30 heavy (non-hydrogen) atoms. The third-order valence-electron chi connectivity index (χ3n) is 5.05. The van der Waals surface area contributed by atoms with Crippen LogP contribution >= 0.6 is 0 Å². The first-order chi connectivity index (χ1) is 14.1. The van der Waals surface area contributed by atoms with E-state index in [1.54, 1.807) is 32.0 Å². The maximum atomic E-state index is 13.1. The molecule has 2 aromatic carbocycles. The Labute approximate surface area is 177 Å². The van der Waals surface area contributed by atoms with E-state index in [-0.39, 0.29) is 16.3 Å². The van der Waals surface area contributed by atoms with Crippen molar-refractivity contribution in [1.29, 1.82) is 0 Å². The van der Waals surface area contributed by atoms with Crippen LogP contribution in [0.1, 0.15) is 24.0 Å².